The fourth-order valence-corrected chi connectivity index (χ4v) is 4.05. The van der Waals surface area contributed by atoms with Gasteiger partial charge in [0.1, 0.15) is 0 Å². The number of rotatable bonds is 7. The van der Waals surface area contributed by atoms with Crippen molar-refractivity contribution in [3.63, 3.8) is 0 Å². The second kappa shape index (κ2) is 9.27. The van der Waals surface area contributed by atoms with Gasteiger partial charge in [-0.15, -0.1) is 0 Å². The third-order valence-corrected chi connectivity index (χ3v) is 5.54. The summed E-state index contributed by atoms with van der Waals surface area (Å²) in [7, 11) is 0. The van der Waals surface area contributed by atoms with Gasteiger partial charge in [0.05, 0.1) is 24.4 Å². The zero-order valence-corrected chi connectivity index (χ0v) is 17.4. The minimum Gasteiger partial charge on any atom is -0.490 e. The largest absolute Gasteiger partial charge is 0.490 e. The van der Waals surface area contributed by atoms with Crippen molar-refractivity contribution >= 4 is 10.9 Å². The minimum absolute atomic E-state index is 0.496. The molecule has 0 saturated carbocycles. The molecule has 1 fully saturated rings. The lowest BCUT2D eigenvalue weighted by molar-refractivity contribution is 0.203. The molecule has 3 aromatic rings. The summed E-state index contributed by atoms with van der Waals surface area (Å²) in [5.74, 6) is 2.17. The molecule has 1 aliphatic rings. The molecule has 0 N–H and O–H groups in total. The zero-order valence-electron chi connectivity index (χ0n) is 17.4. The van der Waals surface area contributed by atoms with Gasteiger partial charge in [-0.2, -0.15) is 0 Å². The van der Waals surface area contributed by atoms with Crippen LogP contribution >= 0.6 is 0 Å². The van der Waals surface area contributed by atoms with Gasteiger partial charge in [-0.05, 0) is 69.6 Å². The van der Waals surface area contributed by atoms with Gasteiger partial charge < -0.3 is 9.47 Å². The first-order valence-corrected chi connectivity index (χ1v) is 10.6. The van der Waals surface area contributed by atoms with E-state index in [1.54, 1.807) is 0 Å². The Morgan fingerprint density at radius 3 is 2.55 bits per heavy atom. The number of likely N-dealkylation sites (tertiary alicyclic amines) is 1. The third-order valence-electron chi connectivity index (χ3n) is 5.54. The molecule has 0 unspecified atom stereocenters. The number of hydrogen-bond acceptors (Lipinski definition) is 4. The van der Waals surface area contributed by atoms with Gasteiger partial charge in [0.15, 0.2) is 11.5 Å². The SMILES string of the molecule is CCOc1ccc(CN2CCC(c3[c]cc4ccccc4n3)CC2)cc1OCC. The van der Waals surface area contributed by atoms with E-state index in [1.165, 1.54) is 5.56 Å². The maximum atomic E-state index is 5.77. The first-order valence-electron chi connectivity index (χ1n) is 10.6. The van der Waals surface area contributed by atoms with Crippen molar-refractivity contribution in [2.24, 2.45) is 0 Å². The van der Waals surface area contributed by atoms with Gasteiger partial charge in [-0.1, -0.05) is 24.3 Å². The Morgan fingerprint density at radius 2 is 1.76 bits per heavy atom. The van der Waals surface area contributed by atoms with Crippen LogP contribution in [-0.4, -0.2) is 36.2 Å². The molecule has 4 nitrogen and oxygen atoms in total. The predicted molar refractivity (Wildman–Crippen MR) is 117 cm³/mol. The standard InChI is InChI=1S/C25H29N2O2/c1-3-28-24-12-9-19(17-25(24)29-4-2)18-27-15-13-21(14-16-27)23-11-10-20-7-5-6-8-22(20)26-23/h5-10,12,17,21H,3-4,13-16,18H2,1-2H3. The number of para-hydroxylation sites is 1. The van der Waals surface area contributed by atoms with Gasteiger partial charge in [-0.25, -0.2) is 0 Å². The number of piperidine rings is 1. The predicted octanol–water partition coefficient (Wildman–Crippen LogP) is 5.21. The van der Waals surface area contributed by atoms with Gasteiger partial charge >= 0.3 is 0 Å². The fourth-order valence-electron chi connectivity index (χ4n) is 4.05. The maximum absolute atomic E-state index is 5.77. The second-order valence-corrected chi connectivity index (χ2v) is 7.54. The highest BCUT2D eigenvalue weighted by Gasteiger charge is 2.22. The summed E-state index contributed by atoms with van der Waals surface area (Å²) in [6.07, 6.45) is 2.24. The molecule has 1 radical (unpaired) electrons. The molecule has 29 heavy (non-hydrogen) atoms. The number of hydrogen-bond donors (Lipinski definition) is 0. The first-order chi connectivity index (χ1) is 14.3. The van der Waals surface area contributed by atoms with Gasteiger partial charge in [0.25, 0.3) is 0 Å². The van der Waals surface area contributed by atoms with Crippen molar-refractivity contribution in [2.75, 3.05) is 26.3 Å². The number of ether oxygens (including phenoxy) is 2. The number of fused-ring (bicyclic) bond motifs is 1. The Hall–Kier alpha value is -2.59. The average Bonchev–Trinajstić information content (AvgIpc) is 2.76. The maximum Gasteiger partial charge on any atom is 0.161 e. The summed E-state index contributed by atoms with van der Waals surface area (Å²) in [6.45, 7) is 8.38. The number of pyridine rings is 1. The van der Waals surface area contributed by atoms with Gasteiger partial charge in [0.2, 0.25) is 0 Å². The summed E-state index contributed by atoms with van der Waals surface area (Å²) >= 11 is 0. The molecular formula is C25H29N2O2. The van der Waals surface area contributed by atoms with Crippen molar-refractivity contribution in [3.05, 3.63) is 65.9 Å². The molecule has 1 aromatic heterocycles. The Kier molecular flexibility index (Phi) is 6.30. The van der Waals surface area contributed by atoms with Crippen LogP contribution in [0.15, 0.2) is 48.5 Å². The Balaban J connectivity index is 1.38. The van der Waals surface area contributed by atoms with Crippen molar-refractivity contribution in [1.29, 1.82) is 0 Å². The van der Waals surface area contributed by atoms with E-state index < -0.39 is 0 Å². The van der Waals surface area contributed by atoms with E-state index >= 15 is 0 Å². The van der Waals surface area contributed by atoms with E-state index in [1.807, 2.05) is 26.0 Å². The van der Waals surface area contributed by atoms with Gasteiger partial charge in [0, 0.05) is 23.9 Å². The molecular weight excluding hydrogens is 360 g/mol. The van der Waals surface area contributed by atoms with Crippen molar-refractivity contribution in [1.82, 2.24) is 9.88 Å². The summed E-state index contributed by atoms with van der Waals surface area (Å²) in [6, 6.07) is 20.1. The molecule has 4 heteroatoms. The molecule has 1 saturated heterocycles. The van der Waals surface area contributed by atoms with Crippen LogP contribution in [0.3, 0.4) is 0 Å². The number of benzene rings is 2. The van der Waals surface area contributed by atoms with Crippen molar-refractivity contribution in [2.45, 2.75) is 39.2 Å². The smallest absolute Gasteiger partial charge is 0.161 e. The van der Waals surface area contributed by atoms with Crippen molar-refractivity contribution < 1.29 is 9.47 Å². The highest BCUT2D eigenvalue weighted by molar-refractivity contribution is 5.78. The highest BCUT2D eigenvalue weighted by atomic mass is 16.5. The van der Waals surface area contributed by atoms with E-state index in [-0.39, 0.29) is 0 Å². The van der Waals surface area contributed by atoms with Crippen molar-refractivity contribution in [3.8, 4) is 11.5 Å². The molecule has 2 heterocycles. The molecule has 4 rings (SSSR count). The van der Waals surface area contributed by atoms with E-state index in [9.17, 15) is 0 Å². The second-order valence-electron chi connectivity index (χ2n) is 7.54. The van der Waals surface area contributed by atoms with Crippen LogP contribution in [0.5, 0.6) is 11.5 Å². The average molecular weight is 390 g/mol. The molecule has 0 bridgehead atoms. The van der Waals surface area contributed by atoms with Crippen LogP contribution < -0.4 is 9.47 Å². The van der Waals surface area contributed by atoms with Crippen LogP contribution in [0, 0.1) is 6.07 Å². The van der Waals surface area contributed by atoms with Gasteiger partial charge in [-0.3, -0.25) is 9.88 Å². The normalized spacial score (nSPS) is 15.5. The molecule has 2 aromatic carbocycles. The Labute approximate surface area is 173 Å². The Bertz CT molecular complexity index is 948. The molecule has 0 amide bonds. The van der Waals surface area contributed by atoms with Crippen LogP contribution in [0.4, 0.5) is 0 Å². The molecule has 1 aliphatic heterocycles. The van der Waals surface area contributed by atoms with Crippen LogP contribution in [0.1, 0.15) is 43.9 Å². The molecule has 151 valence electrons. The lowest BCUT2D eigenvalue weighted by Crippen LogP contribution is -2.32. The summed E-state index contributed by atoms with van der Waals surface area (Å²) in [4.78, 5) is 7.38. The molecule has 0 atom stereocenters. The lowest BCUT2D eigenvalue weighted by atomic mass is 9.92. The minimum atomic E-state index is 0.496. The highest BCUT2D eigenvalue weighted by Crippen LogP contribution is 2.31. The van der Waals surface area contributed by atoms with Crippen LogP contribution in [-0.2, 0) is 6.54 Å². The molecule has 0 spiro atoms. The van der Waals surface area contributed by atoms with E-state index in [4.69, 9.17) is 14.5 Å². The quantitative estimate of drug-likeness (QED) is 0.555. The van der Waals surface area contributed by atoms with Crippen LogP contribution in [0.25, 0.3) is 10.9 Å². The number of nitrogens with zero attached hydrogens (tertiary/aromatic N) is 2. The third kappa shape index (κ3) is 4.70. The zero-order chi connectivity index (χ0) is 20.1. The fraction of sp³-hybridized carbons (Fsp3) is 0.400. The first kappa shape index (κ1) is 19.7. The van der Waals surface area contributed by atoms with E-state index in [0.717, 1.165) is 60.6 Å². The monoisotopic (exact) mass is 389 g/mol. The number of aromatic nitrogens is 1. The summed E-state index contributed by atoms with van der Waals surface area (Å²) < 4.78 is 11.5. The molecule has 0 aliphatic carbocycles. The lowest BCUT2D eigenvalue weighted by Gasteiger charge is -2.31. The van der Waals surface area contributed by atoms with E-state index in [0.29, 0.717) is 19.1 Å². The van der Waals surface area contributed by atoms with E-state index in [2.05, 4.69) is 47.4 Å². The van der Waals surface area contributed by atoms with Crippen LogP contribution in [0.2, 0.25) is 0 Å². The summed E-state index contributed by atoms with van der Waals surface area (Å²) in [5, 5.41) is 1.16. The summed E-state index contributed by atoms with van der Waals surface area (Å²) in [5.41, 5.74) is 3.45. The topological polar surface area (TPSA) is 34.6 Å². The Morgan fingerprint density at radius 1 is 1.00 bits per heavy atom.